The Morgan fingerprint density at radius 2 is 1.69 bits per heavy atom. The fourth-order valence-electron chi connectivity index (χ4n) is 3.30. The third kappa shape index (κ3) is 3.63. The lowest BCUT2D eigenvalue weighted by Gasteiger charge is -2.35. The van der Waals surface area contributed by atoms with Gasteiger partial charge >= 0.3 is 0 Å². The first-order valence-corrected chi connectivity index (χ1v) is 9.06. The highest BCUT2D eigenvalue weighted by Crippen LogP contribution is 2.18. The van der Waals surface area contributed by atoms with E-state index in [2.05, 4.69) is 39.4 Å². The highest BCUT2D eigenvalue weighted by Gasteiger charge is 2.22. The zero-order valence-electron chi connectivity index (χ0n) is 14.3. The van der Waals surface area contributed by atoms with Gasteiger partial charge in [0.1, 0.15) is 0 Å². The lowest BCUT2D eigenvalue weighted by atomic mass is 10.0. The van der Waals surface area contributed by atoms with Crippen LogP contribution < -0.4 is 4.90 Å². The molecule has 1 aromatic heterocycles. The number of halogens is 1. The molecule has 4 rings (SSSR count). The Morgan fingerprint density at radius 3 is 2.42 bits per heavy atom. The van der Waals surface area contributed by atoms with E-state index in [1.807, 2.05) is 29.2 Å². The van der Waals surface area contributed by atoms with Crippen molar-refractivity contribution in [1.29, 1.82) is 0 Å². The second-order valence-corrected chi connectivity index (χ2v) is 6.83. The third-order valence-corrected chi connectivity index (χ3v) is 4.95. The number of hydrogen-bond acceptors (Lipinski definition) is 4. The first-order chi connectivity index (χ1) is 12.7. The number of carbonyl (C=O) groups excluding carboxylic acids is 1. The summed E-state index contributed by atoms with van der Waals surface area (Å²) >= 11 is 5.78. The molecule has 0 atom stereocenters. The van der Waals surface area contributed by atoms with Crippen LogP contribution >= 0.6 is 11.6 Å². The van der Waals surface area contributed by atoms with Gasteiger partial charge in [-0.1, -0.05) is 54.1 Å². The average Bonchev–Trinajstić information content (AvgIpc) is 2.68. The van der Waals surface area contributed by atoms with Crippen LogP contribution in [-0.4, -0.2) is 47.2 Å². The normalized spacial score (nSPS) is 14.7. The largest absolute Gasteiger partial charge is 0.352 e. The van der Waals surface area contributed by atoms with Crippen LogP contribution in [0.4, 0.5) is 5.82 Å². The zero-order chi connectivity index (χ0) is 17.9. The smallest absolute Gasteiger partial charge is 0.227 e. The number of rotatable bonds is 3. The van der Waals surface area contributed by atoms with Crippen LogP contribution in [0.15, 0.2) is 54.6 Å². The van der Waals surface area contributed by atoms with E-state index in [4.69, 9.17) is 11.6 Å². The Morgan fingerprint density at radius 1 is 0.923 bits per heavy atom. The van der Waals surface area contributed by atoms with E-state index >= 15 is 0 Å². The predicted octanol–water partition coefficient (Wildman–Crippen LogP) is 3.17. The van der Waals surface area contributed by atoms with Gasteiger partial charge in [-0.05, 0) is 28.5 Å². The molecule has 3 aromatic rings. The minimum absolute atomic E-state index is 0.169. The average molecular weight is 367 g/mol. The lowest BCUT2D eigenvalue weighted by molar-refractivity contribution is -0.130. The molecule has 0 radical (unpaired) electrons. The van der Waals surface area contributed by atoms with Crippen molar-refractivity contribution in [1.82, 2.24) is 15.1 Å². The van der Waals surface area contributed by atoms with Crippen molar-refractivity contribution in [3.05, 3.63) is 65.3 Å². The summed E-state index contributed by atoms with van der Waals surface area (Å²) in [6.07, 6.45) is 0.436. The van der Waals surface area contributed by atoms with Crippen molar-refractivity contribution >= 4 is 34.1 Å². The molecule has 0 N–H and O–H groups in total. The molecule has 0 unspecified atom stereocenters. The van der Waals surface area contributed by atoms with Gasteiger partial charge in [-0.3, -0.25) is 4.79 Å². The summed E-state index contributed by atoms with van der Waals surface area (Å²) in [5.74, 6) is 0.971. The van der Waals surface area contributed by atoms with Gasteiger partial charge < -0.3 is 9.80 Å². The molecule has 1 saturated heterocycles. The van der Waals surface area contributed by atoms with E-state index in [9.17, 15) is 4.79 Å². The van der Waals surface area contributed by atoms with E-state index in [0.29, 0.717) is 24.7 Å². The summed E-state index contributed by atoms with van der Waals surface area (Å²) in [6, 6.07) is 18.0. The molecule has 0 spiro atoms. The first-order valence-electron chi connectivity index (χ1n) is 8.69. The number of aromatic nitrogens is 2. The second kappa shape index (κ2) is 7.30. The van der Waals surface area contributed by atoms with E-state index < -0.39 is 0 Å². The van der Waals surface area contributed by atoms with Crippen LogP contribution in [0.25, 0.3) is 10.8 Å². The third-order valence-electron chi connectivity index (χ3n) is 4.74. The maximum atomic E-state index is 12.7. The number of fused-ring (bicyclic) bond motifs is 1. The monoisotopic (exact) mass is 366 g/mol. The summed E-state index contributed by atoms with van der Waals surface area (Å²) in [7, 11) is 0. The summed E-state index contributed by atoms with van der Waals surface area (Å²) < 4.78 is 0. The summed E-state index contributed by atoms with van der Waals surface area (Å²) in [4.78, 5) is 16.7. The van der Waals surface area contributed by atoms with Crippen molar-refractivity contribution in [3.8, 4) is 0 Å². The van der Waals surface area contributed by atoms with Crippen molar-refractivity contribution < 1.29 is 4.79 Å². The number of benzene rings is 2. The van der Waals surface area contributed by atoms with E-state index in [-0.39, 0.29) is 5.91 Å². The number of piperazine rings is 1. The first kappa shape index (κ1) is 16.8. The fraction of sp³-hybridized carbons (Fsp3) is 0.250. The fourth-order valence-corrected chi connectivity index (χ4v) is 3.40. The molecule has 5 nitrogen and oxygen atoms in total. The van der Waals surface area contributed by atoms with Gasteiger partial charge in [0.2, 0.25) is 5.91 Å². The van der Waals surface area contributed by atoms with Gasteiger partial charge in [-0.2, -0.15) is 0 Å². The minimum atomic E-state index is 0.169. The summed E-state index contributed by atoms with van der Waals surface area (Å²) in [6.45, 7) is 2.88. The summed E-state index contributed by atoms with van der Waals surface area (Å²) in [5.41, 5.74) is 1.06. The molecule has 1 aliphatic rings. The highest BCUT2D eigenvalue weighted by atomic mass is 35.5. The molecule has 26 heavy (non-hydrogen) atoms. The van der Waals surface area contributed by atoms with Crippen LogP contribution in [0, 0.1) is 0 Å². The Bertz CT molecular complexity index is 921. The predicted molar refractivity (Wildman–Crippen MR) is 103 cm³/mol. The molecule has 1 fully saturated rings. The van der Waals surface area contributed by atoms with E-state index in [1.165, 1.54) is 10.8 Å². The maximum absolute atomic E-state index is 12.7. The zero-order valence-corrected chi connectivity index (χ0v) is 15.1. The second-order valence-electron chi connectivity index (χ2n) is 6.44. The highest BCUT2D eigenvalue weighted by molar-refractivity contribution is 6.29. The summed E-state index contributed by atoms with van der Waals surface area (Å²) in [5, 5.41) is 10.7. The topological polar surface area (TPSA) is 49.3 Å². The van der Waals surface area contributed by atoms with Gasteiger partial charge in [-0.25, -0.2) is 0 Å². The SMILES string of the molecule is O=C(Cc1ccc2ccccc2c1)N1CCN(c2ccc(Cl)nn2)CC1. The van der Waals surface area contributed by atoms with Crippen molar-refractivity contribution in [2.75, 3.05) is 31.1 Å². The number of anilines is 1. The molecule has 1 aliphatic heterocycles. The Hall–Kier alpha value is -2.66. The molecular weight excluding hydrogens is 348 g/mol. The van der Waals surface area contributed by atoms with Crippen molar-refractivity contribution in [3.63, 3.8) is 0 Å². The van der Waals surface area contributed by atoms with Gasteiger partial charge in [0.15, 0.2) is 11.0 Å². The number of carbonyl (C=O) groups is 1. The molecule has 2 heterocycles. The molecule has 6 heteroatoms. The molecule has 2 aromatic carbocycles. The van der Waals surface area contributed by atoms with Gasteiger partial charge in [0, 0.05) is 26.2 Å². The minimum Gasteiger partial charge on any atom is -0.352 e. The quantitative estimate of drug-likeness (QED) is 0.714. The van der Waals surface area contributed by atoms with Gasteiger partial charge in [0.25, 0.3) is 0 Å². The van der Waals surface area contributed by atoms with Crippen molar-refractivity contribution in [2.24, 2.45) is 0 Å². The molecule has 0 aliphatic carbocycles. The number of nitrogens with zero attached hydrogens (tertiary/aromatic N) is 4. The Kier molecular flexibility index (Phi) is 4.71. The molecule has 0 bridgehead atoms. The van der Waals surface area contributed by atoms with Crippen LogP contribution in [-0.2, 0) is 11.2 Å². The van der Waals surface area contributed by atoms with Crippen LogP contribution in [0.1, 0.15) is 5.56 Å². The van der Waals surface area contributed by atoms with Crippen LogP contribution in [0.2, 0.25) is 5.15 Å². The number of hydrogen-bond donors (Lipinski definition) is 0. The van der Waals surface area contributed by atoms with E-state index in [1.54, 1.807) is 6.07 Å². The van der Waals surface area contributed by atoms with Gasteiger partial charge in [0.05, 0.1) is 6.42 Å². The van der Waals surface area contributed by atoms with Crippen LogP contribution in [0.5, 0.6) is 0 Å². The molecular formula is C20H19ClN4O. The Labute approximate surface area is 157 Å². The Balaban J connectivity index is 1.37. The number of amides is 1. The lowest BCUT2D eigenvalue weighted by Crippen LogP contribution is -2.49. The molecule has 0 saturated carbocycles. The standard InChI is InChI=1S/C20H19ClN4O/c21-18-7-8-19(23-22-18)24-9-11-25(12-10-24)20(26)14-15-5-6-16-3-1-2-4-17(16)13-15/h1-8,13H,9-12,14H2. The van der Waals surface area contributed by atoms with E-state index in [0.717, 1.165) is 24.5 Å². The van der Waals surface area contributed by atoms with Gasteiger partial charge in [-0.15, -0.1) is 10.2 Å². The maximum Gasteiger partial charge on any atom is 0.227 e. The van der Waals surface area contributed by atoms with Crippen LogP contribution in [0.3, 0.4) is 0 Å². The molecule has 1 amide bonds. The van der Waals surface area contributed by atoms with Crippen molar-refractivity contribution in [2.45, 2.75) is 6.42 Å². The molecule has 132 valence electrons.